The summed E-state index contributed by atoms with van der Waals surface area (Å²) in [7, 11) is 0. The Morgan fingerprint density at radius 2 is 1.94 bits per heavy atom. The van der Waals surface area contributed by atoms with Gasteiger partial charge in [0, 0.05) is 5.69 Å². The highest BCUT2D eigenvalue weighted by Gasteiger charge is 2.29. The number of halogens is 1. The zero-order chi connectivity index (χ0) is 12.5. The van der Waals surface area contributed by atoms with Crippen LogP contribution in [0.3, 0.4) is 0 Å². The standard InChI is InChI=1S/C15H12FNO/c16-11-5-3-4-10(8-11)9-13-12-6-1-2-7-14(12)17-15(13)18/h1-8,13H,9H2,(H,17,18)/t13-/m1/s1. The molecule has 2 aromatic rings. The maximum atomic E-state index is 13.1. The van der Waals surface area contributed by atoms with E-state index in [1.54, 1.807) is 6.07 Å². The van der Waals surface area contributed by atoms with Gasteiger partial charge in [0.05, 0.1) is 5.92 Å². The van der Waals surface area contributed by atoms with E-state index >= 15 is 0 Å². The van der Waals surface area contributed by atoms with Gasteiger partial charge in [-0.15, -0.1) is 0 Å². The summed E-state index contributed by atoms with van der Waals surface area (Å²) < 4.78 is 13.1. The zero-order valence-electron chi connectivity index (χ0n) is 9.69. The largest absolute Gasteiger partial charge is 0.325 e. The number of carbonyl (C=O) groups is 1. The van der Waals surface area contributed by atoms with E-state index < -0.39 is 0 Å². The lowest BCUT2D eigenvalue weighted by Gasteiger charge is -2.08. The van der Waals surface area contributed by atoms with Crippen LogP contribution in [-0.2, 0) is 11.2 Å². The van der Waals surface area contributed by atoms with Crippen molar-refractivity contribution in [3.05, 3.63) is 65.5 Å². The number of carbonyl (C=O) groups excluding carboxylic acids is 1. The molecule has 0 spiro atoms. The predicted octanol–water partition coefficient (Wildman–Crippen LogP) is 3.10. The van der Waals surface area contributed by atoms with Gasteiger partial charge in [-0.1, -0.05) is 30.3 Å². The maximum Gasteiger partial charge on any atom is 0.232 e. The highest BCUT2D eigenvalue weighted by Crippen LogP contribution is 2.34. The van der Waals surface area contributed by atoms with Crippen molar-refractivity contribution in [3.63, 3.8) is 0 Å². The van der Waals surface area contributed by atoms with Crippen molar-refractivity contribution in [3.8, 4) is 0 Å². The molecule has 1 aliphatic heterocycles. The molecule has 0 aliphatic carbocycles. The molecule has 2 nitrogen and oxygen atoms in total. The highest BCUT2D eigenvalue weighted by atomic mass is 19.1. The number of hydrogen-bond donors (Lipinski definition) is 1. The Kier molecular flexibility index (Phi) is 2.59. The summed E-state index contributed by atoms with van der Waals surface area (Å²) in [5.41, 5.74) is 2.70. The first-order valence-corrected chi connectivity index (χ1v) is 5.88. The summed E-state index contributed by atoms with van der Waals surface area (Å²) in [5, 5.41) is 2.85. The fraction of sp³-hybridized carbons (Fsp3) is 0.133. The third-order valence-corrected chi connectivity index (χ3v) is 3.24. The Hall–Kier alpha value is -2.16. The van der Waals surface area contributed by atoms with Gasteiger partial charge >= 0.3 is 0 Å². The van der Waals surface area contributed by atoms with Gasteiger partial charge in [-0.3, -0.25) is 4.79 Å². The summed E-state index contributed by atoms with van der Waals surface area (Å²) in [6.45, 7) is 0. The van der Waals surface area contributed by atoms with E-state index in [0.717, 1.165) is 16.8 Å². The van der Waals surface area contributed by atoms with Crippen molar-refractivity contribution in [1.82, 2.24) is 0 Å². The minimum Gasteiger partial charge on any atom is -0.325 e. The fourth-order valence-electron chi connectivity index (χ4n) is 2.38. The van der Waals surface area contributed by atoms with Gasteiger partial charge in [-0.2, -0.15) is 0 Å². The van der Waals surface area contributed by atoms with Crippen molar-refractivity contribution < 1.29 is 9.18 Å². The van der Waals surface area contributed by atoms with Crippen LogP contribution in [0, 0.1) is 5.82 Å². The molecular weight excluding hydrogens is 229 g/mol. The van der Waals surface area contributed by atoms with E-state index in [2.05, 4.69) is 5.32 Å². The molecule has 1 amide bonds. The smallest absolute Gasteiger partial charge is 0.232 e. The first-order chi connectivity index (χ1) is 8.74. The Balaban J connectivity index is 1.91. The third-order valence-electron chi connectivity index (χ3n) is 3.24. The van der Waals surface area contributed by atoms with Crippen LogP contribution >= 0.6 is 0 Å². The summed E-state index contributed by atoms with van der Waals surface area (Å²) in [5.74, 6) is -0.498. The molecule has 0 saturated carbocycles. The number of nitrogens with one attached hydrogen (secondary N) is 1. The van der Waals surface area contributed by atoms with Gasteiger partial charge in [0.15, 0.2) is 0 Å². The number of hydrogen-bond acceptors (Lipinski definition) is 1. The minimum absolute atomic E-state index is 0.0135. The molecule has 18 heavy (non-hydrogen) atoms. The molecule has 1 atom stereocenters. The average Bonchev–Trinajstić information content (AvgIpc) is 2.66. The Morgan fingerprint density at radius 1 is 1.11 bits per heavy atom. The number of fused-ring (bicyclic) bond motifs is 1. The summed E-state index contributed by atoms with van der Waals surface area (Å²) in [6, 6.07) is 14.0. The molecule has 3 heteroatoms. The van der Waals surface area contributed by atoms with Crippen molar-refractivity contribution in [2.45, 2.75) is 12.3 Å². The fourth-order valence-corrected chi connectivity index (χ4v) is 2.38. The van der Waals surface area contributed by atoms with Crippen LogP contribution in [0.2, 0.25) is 0 Å². The van der Waals surface area contributed by atoms with Crippen LogP contribution in [0.1, 0.15) is 17.0 Å². The SMILES string of the molecule is O=C1Nc2ccccc2[C@H]1Cc1cccc(F)c1. The molecule has 0 aromatic heterocycles. The van der Waals surface area contributed by atoms with E-state index in [-0.39, 0.29) is 17.6 Å². The maximum absolute atomic E-state index is 13.1. The number of amides is 1. The number of anilines is 1. The lowest BCUT2D eigenvalue weighted by molar-refractivity contribution is -0.117. The van der Waals surface area contributed by atoms with Crippen LogP contribution < -0.4 is 5.32 Å². The molecule has 0 saturated heterocycles. The molecule has 3 rings (SSSR count). The molecule has 1 N–H and O–H groups in total. The lowest BCUT2D eigenvalue weighted by Crippen LogP contribution is -2.14. The van der Waals surface area contributed by atoms with Gasteiger partial charge in [0.25, 0.3) is 0 Å². The molecule has 0 bridgehead atoms. The number of rotatable bonds is 2. The minimum atomic E-state index is -0.265. The van der Waals surface area contributed by atoms with Crippen molar-refractivity contribution in [2.24, 2.45) is 0 Å². The molecule has 0 unspecified atom stereocenters. The van der Waals surface area contributed by atoms with E-state index in [9.17, 15) is 9.18 Å². The molecule has 1 aliphatic rings. The summed E-state index contributed by atoms with van der Waals surface area (Å²) in [4.78, 5) is 11.9. The number of para-hydroxylation sites is 1. The second-order valence-corrected chi connectivity index (χ2v) is 4.46. The first-order valence-electron chi connectivity index (χ1n) is 5.88. The lowest BCUT2D eigenvalue weighted by atomic mass is 9.93. The van der Waals surface area contributed by atoms with Gasteiger partial charge < -0.3 is 5.32 Å². The molecular formula is C15H12FNO. The van der Waals surface area contributed by atoms with Crippen LogP contribution in [0.5, 0.6) is 0 Å². The van der Waals surface area contributed by atoms with Crippen LogP contribution in [0.4, 0.5) is 10.1 Å². The van der Waals surface area contributed by atoms with Crippen molar-refractivity contribution in [1.29, 1.82) is 0 Å². The van der Waals surface area contributed by atoms with E-state index in [0.29, 0.717) is 6.42 Å². The second-order valence-electron chi connectivity index (χ2n) is 4.46. The Labute approximate surface area is 104 Å². The average molecular weight is 241 g/mol. The van der Waals surface area contributed by atoms with Crippen molar-refractivity contribution >= 4 is 11.6 Å². The van der Waals surface area contributed by atoms with Gasteiger partial charge in [-0.05, 0) is 35.7 Å². The number of benzene rings is 2. The Morgan fingerprint density at radius 3 is 2.78 bits per heavy atom. The topological polar surface area (TPSA) is 29.1 Å². The van der Waals surface area contributed by atoms with Gasteiger partial charge in [0.1, 0.15) is 5.82 Å². The summed E-state index contributed by atoms with van der Waals surface area (Å²) >= 11 is 0. The normalized spacial score (nSPS) is 17.4. The third kappa shape index (κ3) is 1.88. The zero-order valence-corrected chi connectivity index (χ0v) is 9.69. The molecule has 0 fully saturated rings. The molecule has 1 heterocycles. The highest BCUT2D eigenvalue weighted by molar-refractivity contribution is 6.02. The first kappa shape index (κ1) is 11.0. The second kappa shape index (κ2) is 4.26. The molecule has 90 valence electrons. The van der Waals surface area contributed by atoms with Crippen LogP contribution in [0.25, 0.3) is 0 Å². The predicted molar refractivity (Wildman–Crippen MR) is 67.9 cm³/mol. The Bertz CT molecular complexity index is 609. The van der Waals surface area contributed by atoms with Gasteiger partial charge in [-0.25, -0.2) is 4.39 Å². The van der Waals surface area contributed by atoms with Gasteiger partial charge in [0.2, 0.25) is 5.91 Å². The van der Waals surface area contributed by atoms with Crippen LogP contribution in [0.15, 0.2) is 48.5 Å². The van der Waals surface area contributed by atoms with E-state index in [1.807, 2.05) is 30.3 Å². The van der Waals surface area contributed by atoms with E-state index in [4.69, 9.17) is 0 Å². The molecule has 0 radical (unpaired) electrons. The van der Waals surface area contributed by atoms with E-state index in [1.165, 1.54) is 12.1 Å². The van der Waals surface area contributed by atoms with Crippen molar-refractivity contribution in [2.75, 3.05) is 5.32 Å². The summed E-state index contributed by atoms with van der Waals surface area (Å²) in [6.07, 6.45) is 0.528. The molecule has 2 aromatic carbocycles. The quantitative estimate of drug-likeness (QED) is 0.860. The monoisotopic (exact) mass is 241 g/mol. The van der Waals surface area contributed by atoms with Crippen LogP contribution in [-0.4, -0.2) is 5.91 Å².